The zero-order valence-corrected chi connectivity index (χ0v) is 26.6. The van der Waals surface area contributed by atoms with E-state index in [1.807, 2.05) is 71.0 Å². The number of carbonyl (C=O) groups excluding carboxylic acids is 2. The number of Topliss-reactive ketones (excluding diaryl/α,β-unsaturated/α-hetero) is 2. The SMILES string of the molecule is C=C(NC)C(C)C(C)=O.CC.CC.CC1CCC1.CCc1ccc(C#Cc2ccc(C(C)=O)cc2)cc1.CO. The van der Waals surface area contributed by atoms with Crippen LogP contribution in [0.15, 0.2) is 60.8 Å². The molecular weight excluding hydrogens is 482 g/mol. The topological polar surface area (TPSA) is 66.4 Å². The van der Waals surface area contributed by atoms with E-state index in [-0.39, 0.29) is 17.5 Å². The second kappa shape index (κ2) is 26.4. The molecule has 1 aliphatic carbocycles. The Morgan fingerprint density at radius 3 is 1.54 bits per heavy atom. The van der Waals surface area contributed by atoms with Gasteiger partial charge in [-0.15, -0.1) is 0 Å². The second-order valence-electron chi connectivity index (χ2n) is 8.58. The first-order valence-corrected chi connectivity index (χ1v) is 14.2. The molecule has 4 nitrogen and oxygen atoms in total. The van der Waals surface area contributed by atoms with Crippen molar-refractivity contribution in [2.24, 2.45) is 11.8 Å². The molecule has 1 atom stereocenters. The fourth-order valence-corrected chi connectivity index (χ4v) is 2.83. The maximum absolute atomic E-state index is 11.2. The molecule has 0 spiro atoms. The Morgan fingerprint density at radius 1 is 0.923 bits per heavy atom. The summed E-state index contributed by atoms with van der Waals surface area (Å²) < 4.78 is 0. The molecule has 39 heavy (non-hydrogen) atoms. The average Bonchev–Trinajstić information content (AvgIpc) is 2.98. The van der Waals surface area contributed by atoms with Crippen molar-refractivity contribution in [3.8, 4) is 11.8 Å². The second-order valence-corrected chi connectivity index (χ2v) is 8.58. The number of rotatable bonds is 5. The lowest BCUT2D eigenvalue weighted by Gasteiger charge is -2.18. The Bertz CT molecular complexity index is 960. The first-order valence-electron chi connectivity index (χ1n) is 14.2. The van der Waals surface area contributed by atoms with Crippen molar-refractivity contribution in [1.82, 2.24) is 5.32 Å². The lowest BCUT2D eigenvalue weighted by atomic mass is 9.88. The highest BCUT2D eigenvalue weighted by molar-refractivity contribution is 5.94. The zero-order valence-electron chi connectivity index (χ0n) is 26.6. The molecule has 2 N–H and O–H groups in total. The van der Waals surface area contributed by atoms with E-state index in [9.17, 15) is 9.59 Å². The number of aliphatic hydroxyl groups is 1. The van der Waals surface area contributed by atoms with Gasteiger partial charge < -0.3 is 10.4 Å². The highest BCUT2D eigenvalue weighted by atomic mass is 16.2. The Hall–Kier alpha value is -3.16. The van der Waals surface area contributed by atoms with Crippen molar-refractivity contribution in [1.29, 1.82) is 0 Å². The Labute approximate surface area is 240 Å². The van der Waals surface area contributed by atoms with Gasteiger partial charge in [-0.1, -0.05) is 103 Å². The molecular formula is C35H55NO3. The van der Waals surface area contributed by atoms with Gasteiger partial charge in [0.25, 0.3) is 0 Å². The van der Waals surface area contributed by atoms with E-state index < -0.39 is 0 Å². The first-order chi connectivity index (χ1) is 18.7. The first kappa shape index (κ1) is 40.3. The molecule has 2 aromatic rings. The van der Waals surface area contributed by atoms with Gasteiger partial charge in [-0.25, -0.2) is 0 Å². The van der Waals surface area contributed by atoms with E-state index in [4.69, 9.17) is 5.11 Å². The summed E-state index contributed by atoms with van der Waals surface area (Å²) in [6.07, 6.45) is 5.50. The molecule has 0 saturated heterocycles. The predicted octanol–water partition coefficient (Wildman–Crippen LogP) is 8.26. The van der Waals surface area contributed by atoms with Gasteiger partial charge >= 0.3 is 0 Å². The van der Waals surface area contributed by atoms with Crippen LogP contribution in [0.1, 0.15) is 109 Å². The lowest BCUT2D eigenvalue weighted by Crippen LogP contribution is -2.18. The maximum atomic E-state index is 11.2. The van der Waals surface area contributed by atoms with Crippen LogP contribution < -0.4 is 5.32 Å². The molecule has 0 aliphatic heterocycles. The molecule has 0 radical (unpaired) electrons. The minimum atomic E-state index is -0.0602. The number of hydrogen-bond donors (Lipinski definition) is 2. The summed E-state index contributed by atoms with van der Waals surface area (Å²) in [7, 11) is 2.77. The van der Waals surface area contributed by atoms with Crippen LogP contribution in [-0.4, -0.2) is 30.8 Å². The number of ketones is 2. The van der Waals surface area contributed by atoms with Gasteiger partial charge in [0.1, 0.15) is 5.78 Å². The van der Waals surface area contributed by atoms with Crippen LogP contribution in [0.25, 0.3) is 0 Å². The van der Waals surface area contributed by atoms with E-state index in [0.717, 1.165) is 41.8 Å². The summed E-state index contributed by atoms with van der Waals surface area (Å²) in [6.45, 7) is 21.1. The van der Waals surface area contributed by atoms with Crippen LogP contribution in [-0.2, 0) is 11.2 Å². The summed E-state index contributed by atoms with van der Waals surface area (Å²) in [5.74, 6) is 7.46. The van der Waals surface area contributed by atoms with Gasteiger partial charge in [0.2, 0.25) is 0 Å². The molecule has 0 amide bonds. The van der Waals surface area contributed by atoms with Crippen LogP contribution in [0.3, 0.4) is 0 Å². The van der Waals surface area contributed by atoms with Gasteiger partial charge in [0.05, 0.1) is 5.92 Å². The fourth-order valence-electron chi connectivity index (χ4n) is 2.83. The van der Waals surface area contributed by atoms with Crippen LogP contribution in [0.4, 0.5) is 0 Å². The van der Waals surface area contributed by atoms with Gasteiger partial charge in [-0.05, 0) is 62.9 Å². The largest absolute Gasteiger partial charge is 0.400 e. The van der Waals surface area contributed by atoms with Crippen molar-refractivity contribution in [2.75, 3.05) is 14.2 Å². The molecule has 218 valence electrons. The summed E-state index contributed by atoms with van der Waals surface area (Å²) in [5, 5.41) is 9.83. The van der Waals surface area contributed by atoms with Crippen LogP contribution in [0.2, 0.25) is 0 Å². The standard InChI is InChI=1S/C18H16O.C7H13NO.C5H10.2C2H6.CH4O/c1-3-15-4-6-16(7-5-15)8-9-17-10-12-18(13-11-17)14(2)19;1-5(7(3)9)6(2)8-4;1-5-3-2-4-5;3*1-2/h4-7,10-13H,3H2,1-2H3;5,8H,2H2,1,3-4H3;5H,2-4H2,1H3;2*1-2H3;2H,1H3. The summed E-state index contributed by atoms with van der Waals surface area (Å²) >= 11 is 0. The quantitative estimate of drug-likeness (QED) is 0.298. The third-order valence-corrected chi connectivity index (χ3v) is 5.85. The summed E-state index contributed by atoms with van der Waals surface area (Å²) in [6, 6.07) is 15.7. The number of nitrogens with one attached hydrogen (secondary N) is 1. The van der Waals surface area contributed by atoms with Gasteiger partial charge in [-0.2, -0.15) is 0 Å². The molecule has 3 rings (SSSR count). The van der Waals surface area contributed by atoms with Crippen LogP contribution in [0, 0.1) is 23.7 Å². The predicted molar refractivity (Wildman–Crippen MR) is 170 cm³/mol. The number of benzene rings is 2. The van der Waals surface area contributed by atoms with Gasteiger partial charge in [-0.3, -0.25) is 9.59 Å². The van der Waals surface area contributed by atoms with E-state index in [1.165, 1.54) is 24.8 Å². The minimum Gasteiger partial charge on any atom is -0.400 e. The van der Waals surface area contributed by atoms with E-state index in [2.05, 4.69) is 49.7 Å². The molecule has 0 bridgehead atoms. The minimum absolute atomic E-state index is 0.0602. The molecule has 0 heterocycles. The van der Waals surface area contributed by atoms with E-state index >= 15 is 0 Å². The fraction of sp³-hybridized carbons (Fsp3) is 0.486. The number of hydrogen-bond acceptors (Lipinski definition) is 4. The molecule has 1 fully saturated rings. The Balaban J connectivity index is -0.000000538. The third-order valence-electron chi connectivity index (χ3n) is 5.85. The molecule has 0 aromatic heterocycles. The maximum Gasteiger partial charge on any atom is 0.159 e. The van der Waals surface area contributed by atoms with Crippen molar-refractivity contribution in [3.63, 3.8) is 0 Å². The molecule has 1 saturated carbocycles. The Kier molecular flexibility index (Phi) is 27.4. The van der Waals surface area contributed by atoms with E-state index in [0.29, 0.717) is 0 Å². The normalized spacial score (nSPS) is 11.3. The van der Waals surface area contributed by atoms with E-state index in [1.54, 1.807) is 20.9 Å². The average molecular weight is 538 g/mol. The van der Waals surface area contributed by atoms with Crippen molar-refractivity contribution < 1.29 is 14.7 Å². The monoisotopic (exact) mass is 537 g/mol. The number of aryl methyl sites for hydroxylation is 1. The highest BCUT2D eigenvalue weighted by Gasteiger charge is 2.09. The van der Waals surface area contributed by atoms with Crippen LogP contribution in [0.5, 0.6) is 0 Å². The summed E-state index contributed by atoms with van der Waals surface area (Å²) in [4.78, 5) is 21.8. The highest BCUT2D eigenvalue weighted by Crippen LogP contribution is 2.24. The lowest BCUT2D eigenvalue weighted by molar-refractivity contribution is -0.119. The number of allylic oxidation sites excluding steroid dienone is 1. The Morgan fingerprint density at radius 2 is 1.31 bits per heavy atom. The van der Waals surface area contributed by atoms with Crippen molar-refractivity contribution in [2.45, 2.75) is 88.0 Å². The number of carbonyl (C=O) groups is 2. The smallest absolute Gasteiger partial charge is 0.159 e. The van der Waals surface area contributed by atoms with Crippen molar-refractivity contribution in [3.05, 3.63) is 83.1 Å². The molecule has 1 aliphatic rings. The molecule has 4 heteroatoms. The number of aliphatic hydroxyl groups excluding tert-OH is 1. The van der Waals surface area contributed by atoms with Gasteiger partial charge in [0.15, 0.2) is 5.78 Å². The third kappa shape index (κ3) is 19.5. The summed E-state index contributed by atoms with van der Waals surface area (Å²) in [5.41, 5.74) is 4.74. The van der Waals surface area contributed by atoms with Crippen LogP contribution >= 0.6 is 0 Å². The molecule has 1 unspecified atom stereocenters. The van der Waals surface area contributed by atoms with Gasteiger partial charge in [0, 0.05) is 36.5 Å². The van der Waals surface area contributed by atoms with Crippen molar-refractivity contribution >= 4 is 11.6 Å². The zero-order chi connectivity index (χ0) is 30.8. The molecule has 2 aromatic carbocycles.